The standard InChI is InChI=1S/C25H18O/c1-26-22-13-12-17-10-11-20(15-21(17)16-22)25-23-8-4-2-6-18(23)14-19-7-3-5-9-24(19)25/h2-16H,1H3. The molecule has 5 aromatic carbocycles. The number of ether oxygens (including phenoxy) is 1. The van der Waals surface area contributed by atoms with Crippen LogP contribution in [0.2, 0.25) is 0 Å². The third kappa shape index (κ3) is 2.33. The summed E-state index contributed by atoms with van der Waals surface area (Å²) < 4.78 is 5.41. The molecule has 1 nitrogen and oxygen atoms in total. The number of methoxy groups -OCH3 is 1. The Morgan fingerprint density at radius 3 is 1.88 bits per heavy atom. The zero-order valence-electron chi connectivity index (χ0n) is 14.6. The number of fused-ring (bicyclic) bond motifs is 3. The maximum Gasteiger partial charge on any atom is 0.119 e. The molecule has 1 heteroatoms. The fourth-order valence-electron chi connectivity index (χ4n) is 3.83. The van der Waals surface area contributed by atoms with Crippen LogP contribution in [0.3, 0.4) is 0 Å². The molecule has 0 saturated heterocycles. The second-order valence-electron chi connectivity index (χ2n) is 6.62. The summed E-state index contributed by atoms with van der Waals surface area (Å²) in [5.41, 5.74) is 2.53. The Morgan fingerprint density at radius 2 is 1.19 bits per heavy atom. The minimum absolute atomic E-state index is 0.887. The number of rotatable bonds is 2. The third-order valence-corrected chi connectivity index (χ3v) is 5.11. The van der Waals surface area contributed by atoms with E-state index in [4.69, 9.17) is 4.74 Å². The molecule has 0 saturated carbocycles. The van der Waals surface area contributed by atoms with Crippen molar-refractivity contribution >= 4 is 32.3 Å². The summed E-state index contributed by atoms with van der Waals surface area (Å²) in [5.74, 6) is 0.887. The van der Waals surface area contributed by atoms with E-state index in [1.807, 2.05) is 6.07 Å². The van der Waals surface area contributed by atoms with Gasteiger partial charge in [0.2, 0.25) is 0 Å². The zero-order chi connectivity index (χ0) is 17.5. The minimum Gasteiger partial charge on any atom is -0.497 e. The van der Waals surface area contributed by atoms with E-state index >= 15 is 0 Å². The van der Waals surface area contributed by atoms with Gasteiger partial charge in [-0.05, 0) is 67.7 Å². The van der Waals surface area contributed by atoms with E-state index in [0.29, 0.717) is 0 Å². The molecule has 0 spiro atoms. The second-order valence-corrected chi connectivity index (χ2v) is 6.62. The van der Waals surface area contributed by atoms with Crippen molar-refractivity contribution in [2.24, 2.45) is 0 Å². The van der Waals surface area contributed by atoms with Gasteiger partial charge in [0.05, 0.1) is 7.11 Å². The van der Waals surface area contributed by atoms with E-state index in [2.05, 4.69) is 84.9 Å². The summed E-state index contributed by atoms with van der Waals surface area (Å²) >= 11 is 0. The van der Waals surface area contributed by atoms with Gasteiger partial charge < -0.3 is 4.74 Å². The van der Waals surface area contributed by atoms with Crippen molar-refractivity contribution in [3.05, 3.63) is 91.0 Å². The van der Waals surface area contributed by atoms with Gasteiger partial charge >= 0.3 is 0 Å². The van der Waals surface area contributed by atoms with Crippen LogP contribution in [-0.4, -0.2) is 7.11 Å². The highest BCUT2D eigenvalue weighted by Crippen LogP contribution is 2.37. The Balaban J connectivity index is 1.88. The molecule has 0 aliphatic rings. The molecule has 124 valence electrons. The summed E-state index contributed by atoms with van der Waals surface area (Å²) in [6.07, 6.45) is 0. The van der Waals surface area contributed by atoms with Crippen LogP contribution in [0.15, 0.2) is 91.0 Å². The fraction of sp³-hybridized carbons (Fsp3) is 0.0400. The van der Waals surface area contributed by atoms with Crippen molar-refractivity contribution in [1.82, 2.24) is 0 Å². The van der Waals surface area contributed by atoms with Gasteiger partial charge in [-0.25, -0.2) is 0 Å². The van der Waals surface area contributed by atoms with Crippen molar-refractivity contribution in [2.45, 2.75) is 0 Å². The van der Waals surface area contributed by atoms with Crippen LogP contribution in [0.5, 0.6) is 5.75 Å². The monoisotopic (exact) mass is 334 g/mol. The lowest BCUT2D eigenvalue weighted by Gasteiger charge is -2.13. The first-order valence-electron chi connectivity index (χ1n) is 8.82. The minimum atomic E-state index is 0.887. The number of benzene rings is 5. The van der Waals surface area contributed by atoms with Crippen LogP contribution in [0.1, 0.15) is 0 Å². The summed E-state index contributed by atoms with van der Waals surface area (Å²) in [5, 5.41) is 7.53. The van der Waals surface area contributed by atoms with E-state index < -0.39 is 0 Å². The highest BCUT2D eigenvalue weighted by molar-refractivity contribution is 6.13. The molecule has 0 atom stereocenters. The number of hydrogen-bond acceptors (Lipinski definition) is 1. The van der Waals surface area contributed by atoms with E-state index in [0.717, 1.165) is 5.75 Å². The van der Waals surface area contributed by atoms with Crippen molar-refractivity contribution in [2.75, 3.05) is 7.11 Å². The fourth-order valence-corrected chi connectivity index (χ4v) is 3.83. The first kappa shape index (κ1) is 15.0. The molecule has 0 radical (unpaired) electrons. The van der Waals surface area contributed by atoms with Gasteiger partial charge in [0.1, 0.15) is 5.75 Å². The number of hydrogen-bond donors (Lipinski definition) is 0. The van der Waals surface area contributed by atoms with Gasteiger partial charge in [-0.15, -0.1) is 0 Å². The molecule has 0 N–H and O–H groups in total. The predicted molar refractivity (Wildman–Crippen MR) is 111 cm³/mol. The summed E-state index contributed by atoms with van der Waals surface area (Å²) in [7, 11) is 1.71. The topological polar surface area (TPSA) is 9.23 Å². The maximum atomic E-state index is 5.41. The molecule has 0 heterocycles. The van der Waals surface area contributed by atoms with E-state index in [1.165, 1.54) is 43.4 Å². The summed E-state index contributed by atoms with van der Waals surface area (Å²) in [6, 6.07) is 32.4. The lowest BCUT2D eigenvalue weighted by atomic mass is 9.91. The van der Waals surface area contributed by atoms with Crippen molar-refractivity contribution < 1.29 is 4.74 Å². The molecule has 0 unspecified atom stereocenters. The van der Waals surface area contributed by atoms with Gasteiger partial charge in [0, 0.05) is 0 Å². The summed E-state index contributed by atoms with van der Waals surface area (Å²) in [6.45, 7) is 0. The van der Waals surface area contributed by atoms with Crippen molar-refractivity contribution in [3.63, 3.8) is 0 Å². The first-order valence-corrected chi connectivity index (χ1v) is 8.82. The Morgan fingerprint density at radius 1 is 0.538 bits per heavy atom. The third-order valence-electron chi connectivity index (χ3n) is 5.11. The van der Waals surface area contributed by atoms with Crippen molar-refractivity contribution in [1.29, 1.82) is 0 Å². The molecule has 0 fully saturated rings. The van der Waals surface area contributed by atoms with Gasteiger partial charge in [0.15, 0.2) is 0 Å². The molecule has 0 aromatic heterocycles. The van der Waals surface area contributed by atoms with Crippen LogP contribution in [-0.2, 0) is 0 Å². The lowest BCUT2D eigenvalue weighted by molar-refractivity contribution is 0.415. The maximum absolute atomic E-state index is 5.41. The van der Waals surface area contributed by atoms with E-state index in [9.17, 15) is 0 Å². The van der Waals surface area contributed by atoms with Gasteiger partial charge in [-0.3, -0.25) is 0 Å². The SMILES string of the molecule is COc1ccc2ccc(-c3c4ccccc4cc4ccccc34)cc2c1. The molecule has 0 aliphatic carbocycles. The van der Waals surface area contributed by atoms with Gasteiger partial charge in [-0.2, -0.15) is 0 Å². The van der Waals surface area contributed by atoms with E-state index in [-0.39, 0.29) is 0 Å². The van der Waals surface area contributed by atoms with E-state index in [1.54, 1.807) is 7.11 Å². The second kappa shape index (κ2) is 5.89. The smallest absolute Gasteiger partial charge is 0.119 e. The van der Waals surface area contributed by atoms with Gasteiger partial charge in [0.25, 0.3) is 0 Å². The molecule has 0 amide bonds. The summed E-state index contributed by atoms with van der Waals surface area (Å²) in [4.78, 5) is 0. The van der Waals surface area contributed by atoms with Crippen LogP contribution in [0.25, 0.3) is 43.4 Å². The highest BCUT2D eigenvalue weighted by Gasteiger charge is 2.10. The molecule has 0 bridgehead atoms. The first-order chi connectivity index (χ1) is 12.8. The van der Waals surface area contributed by atoms with Crippen LogP contribution in [0.4, 0.5) is 0 Å². The molecule has 26 heavy (non-hydrogen) atoms. The highest BCUT2D eigenvalue weighted by atomic mass is 16.5. The molecular formula is C25H18O. The largest absolute Gasteiger partial charge is 0.497 e. The van der Waals surface area contributed by atoms with Crippen LogP contribution in [0, 0.1) is 0 Å². The Hall–Kier alpha value is -3.32. The lowest BCUT2D eigenvalue weighted by Crippen LogP contribution is -1.87. The average molecular weight is 334 g/mol. The Kier molecular flexibility index (Phi) is 3.39. The van der Waals surface area contributed by atoms with Crippen LogP contribution < -0.4 is 4.74 Å². The Labute approximate surface area is 152 Å². The van der Waals surface area contributed by atoms with Crippen LogP contribution >= 0.6 is 0 Å². The molecule has 5 rings (SSSR count). The predicted octanol–water partition coefficient (Wildman–Crippen LogP) is 6.82. The average Bonchev–Trinajstić information content (AvgIpc) is 2.71. The molecule has 0 aliphatic heterocycles. The quantitative estimate of drug-likeness (QED) is 0.322. The zero-order valence-corrected chi connectivity index (χ0v) is 14.6. The Bertz CT molecular complexity index is 1210. The van der Waals surface area contributed by atoms with Gasteiger partial charge in [-0.1, -0.05) is 66.7 Å². The molecular weight excluding hydrogens is 316 g/mol. The van der Waals surface area contributed by atoms with Crippen molar-refractivity contribution in [3.8, 4) is 16.9 Å². The normalized spacial score (nSPS) is 11.3. The molecule has 5 aromatic rings.